The van der Waals surface area contributed by atoms with Crippen molar-refractivity contribution in [3.8, 4) is 0 Å². The van der Waals surface area contributed by atoms with Crippen molar-refractivity contribution in [3.05, 3.63) is 18.7 Å². The van der Waals surface area contributed by atoms with Crippen molar-refractivity contribution in [2.45, 2.75) is 25.5 Å². The lowest BCUT2D eigenvalue weighted by Crippen LogP contribution is -2.14. The Morgan fingerprint density at radius 3 is 2.31 bits per heavy atom. The fraction of sp³-hybridized carbons (Fsp3) is 0.571. The molecule has 76 valence electrons. The summed E-state index contributed by atoms with van der Waals surface area (Å²) in [4.78, 5) is 5.61. The van der Waals surface area contributed by atoms with Gasteiger partial charge in [0.05, 0.1) is 10.1 Å². The van der Waals surface area contributed by atoms with Crippen LogP contribution in [0.5, 0.6) is 0 Å². The van der Waals surface area contributed by atoms with Crippen LogP contribution in [-0.4, -0.2) is 23.2 Å². The minimum Gasteiger partial charge on any atom is -0.748 e. The molecule has 0 radical (unpaired) electrons. The number of hydrogen-bond donors (Lipinski definition) is 1. The van der Waals surface area contributed by atoms with Crippen LogP contribution in [0, 0.1) is 0 Å². The molecule has 0 aliphatic rings. The van der Waals surface area contributed by atoms with E-state index in [0.29, 0.717) is 6.42 Å². The summed E-state index contributed by atoms with van der Waals surface area (Å²) in [5, 5.41) is -0.734. The van der Waals surface area contributed by atoms with Crippen LogP contribution in [0.3, 0.4) is 0 Å². The largest absolute Gasteiger partial charge is 0.748 e. The quantitative estimate of drug-likeness (QED) is 0.699. The Morgan fingerprint density at radius 2 is 2.23 bits per heavy atom. The first kappa shape index (κ1) is 12.1. The molecule has 1 atom stereocenters. The predicted molar refractivity (Wildman–Crippen MR) is 46.8 cm³/mol. The molecule has 0 saturated heterocycles. The van der Waals surface area contributed by atoms with E-state index in [1.807, 2.05) is 12.4 Å². The van der Waals surface area contributed by atoms with Gasteiger partial charge in [-0.2, -0.15) is 0 Å². The summed E-state index contributed by atoms with van der Waals surface area (Å²) in [6.45, 7) is 3.07. The molecular weight excluding hydrogens is 192 g/mol. The van der Waals surface area contributed by atoms with Crippen molar-refractivity contribution >= 4 is 10.1 Å². The van der Waals surface area contributed by atoms with E-state index in [0.717, 1.165) is 0 Å². The van der Waals surface area contributed by atoms with E-state index in [4.69, 9.17) is 0 Å². The Morgan fingerprint density at radius 1 is 1.62 bits per heavy atom. The van der Waals surface area contributed by atoms with Crippen molar-refractivity contribution in [1.29, 1.82) is 0 Å². The lowest BCUT2D eigenvalue weighted by Gasteiger charge is -2.12. The van der Waals surface area contributed by atoms with Crippen LogP contribution in [0.2, 0.25) is 0 Å². The summed E-state index contributed by atoms with van der Waals surface area (Å²) in [5.74, 6) is 0. The highest BCUT2D eigenvalue weighted by Gasteiger charge is 2.04. The minimum atomic E-state index is -4.00. The molecule has 1 rings (SSSR count). The van der Waals surface area contributed by atoms with E-state index < -0.39 is 15.4 Å². The predicted octanol–water partition coefficient (Wildman–Crippen LogP) is 0.159. The Hall–Kier alpha value is -0.880. The van der Waals surface area contributed by atoms with E-state index >= 15 is 0 Å². The minimum absolute atomic E-state index is 0.395. The Labute approximate surface area is 78.0 Å². The van der Waals surface area contributed by atoms with Crippen molar-refractivity contribution in [1.82, 2.24) is 4.98 Å². The second-order valence-corrected chi connectivity index (χ2v) is 4.31. The highest BCUT2D eigenvalue weighted by atomic mass is 32.2. The normalized spacial score (nSPS) is 12.8. The monoisotopic (exact) mass is 206 g/mol. The van der Waals surface area contributed by atoms with Crippen molar-refractivity contribution in [2.75, 3.05) is 0 Å². The maximum Gasteiger partial charge on any atom is 0.239 e. The molecule has 0 amide bonds. The van der Waals surface area contributed by atoms with Gasteiger partial charge in [0.2, 0.25) is 6.33 Å². The fourth-order valence-corrected chi connectivity index (χ4v) is 0.853. The number of rotatable bonds is 2. The average Bonchev–Trinajstić information content (AvgIpc) is 2.58. The van der Waals surface area contributed by atoms with Crippen molar-refractivity contribution in [3.63, 3.8) is 0 Å². The summed E-state index contributed by atoms with van der Waals surface area (Å²) in [6.07, 6.45) is 5.78. The summed E-state index contributed by atoms with van der Waals surface area (Å²) < 4.78 is 30.0. The number of nitrogens with one attached hydrogen (secondary N) is 2. The van der Waals surface area contributed by atoms with E-state index in [2.05, 4.69) is 9.97 Å². The SMILES string of the molecule is CCC(C)S(=O)(=O)[O-].c1c[nH+]c[nH]1. The zero-order valence-electron chi connectivity index (χ0n) is 7.65. The van der Waals surface area contributed by atoms with Gasteiger partial charge >= 0.3 is 0 Å². The molecule has 0 aliphatic carbocycles. The lowest BCUT2D eigenvalue weighted by molar-refractivity contribution is -0.375. The Balaban J connectivity index is 0.000000243. The van der Waals surface area contributed by atoms with Gasteiger partial charge in [0.1, 0.15) is 12.4 Å². The van der Waals surface area contributed by atoms with Crippen LogP contribution < -0.4 is 4.98 Å². The topological polar surface area (TPSA) is 87.1 Å². The summed E-state index contributed by atoms with van der Waals surface area (Å²) in [7, 11) is -4.00. The van der Waals surface area contributed by atoms with Crippen LogP contribution in [-0.2, 0) is 10.1 Å². The van der Waals surface area contributed by atoms with E-state index in [9.17, 15) is 13.0 Å². The molecule has 2 N–H and O–H groups in total. The maximum atomic E-state index is 10.0. The third-order valence-corrected chi connectivity index (χ3v) is 2.83. The molecule has 0 spiro atoms. The van der Waals surface area contributed by atoms with Crippen molar-refractivity contribution < 1.29 is 18.0 Å². The average molecular weight is 206 g/mol. The van der Waals surface area contributed by atoms with Crippen LogP contribution in [0.25, 0.3) is 0 Å². The third-order valence-electron chi connectivity index (χ3n) is 1.51. The highest BCUT2D eigenvalue weighted by Crippen LogP contribution is 1.99. The van der Waals surface area contributed by atoms with Crippen LogP contribution in [0.4, 0.5) is 0 Å². The molecule has 13 heavy (non-hydrogen) atoms. The first-order chi connectivity index (χ1) is 5.98. The molecule has 0 saturated carbocycles. The summed E-state index contributed by atoms with van der Waals surface area (Å²) >= 11 is 0. The fourth-order valence-electron chi connectivity index (χ4n) is 0.445. The van der Waals surface area contributed by atoms with Gasteiger partial charge in [-0.05, 0) is 13.3 Å². The Kier molecular flexibility index (Phi) is 5.33. The maximum absolute atomic E-state index is 10.0. The van der Waals surface area contributed by atoms with Gasteiger partial charge in [-0.15, -0.1) is 0 Å². The molecule has 1 aromatic heterocycles. The summed E-state index contributed by atoms with van der Waals surface area (Å²) in [6, 6.07) is 0. The van der Waals surface area contributed by atoms with Crippen LogP contribution in [0.1, 0.15) is 20.3 Å². The molecule has 6 heteroatoms. The summed E-state index contributed by atoms with van der Waals surface area (Å²) in [5.41, 5.74) is 0. The van der Waals surface area contributed by atoms with Gasteiger partial charge in [0.15, 0.2) is 0 Å². The molecule has 5 nitrogen and oxygen atoms in total. The van der Waals surface area contributed by atoms with E-state index in [1.165, 1.54) is 6.92 Å². The first-order valence-corrected chi connectivity index (χ1v) is 5.39. The van der Waals surface area contributed by atoms with Gasteiger partial charge in [-0.3, -0.25) is 9.97 Å². The molecule has 0 bridgehead atoms. The number of aromatic nitrogens is 2. The van der Waals surface area contributed by atoms with Crippen LogP contribution in [0.15, 0.2) is 18.7 Å². The van der Waals surface area contributed by atoms with Gasteiger partial charge in [0.25, 0.3) is 0 Å². The number of imidazole rings is 1. The van der Waals surface area contributed by atoms with E-state index in [1.54, 1.807) is 13.3 Å². The molecule has 1 aromatic rings. The number of H-pyrrole nitrogens is 2. The van der Waals surface area contributed by atoms with Gasteiger partial charge in [-0.1, -0.05) is 6.92 Å². The lowest BCUT2D eigenvalue weighted by atomic mass is 10.4. The zero-order valence-corrected chi connectivity index (χ0v) is 8.47. The second-order valence-electron chi connectivity index (χ2n) is 2.52. The highest BCUT2D eigenvalue weighted by molar-refractivity contribution is 7.86. The van der Waals surface area contributed by atoms with Crippen LogP contribution >= 0.6 is 0 Å². The molecule has 0 aliphatic heterocycles. The van der Waals surface area contributed by atoms with Crippen molar-refractivity contribution in [2.24, 2.45) is 0 Å². The zero-order chi connectivity index (χ0) is 10.3. The van der Waals surface area contributed by atoms with E-state index in [-0.39, 0.29) is 0 Å². The smallest absolute Gasteiger partial charge is 0.239 e. The molecule has 1 heterocycles. The first-order valence-electron chi connectivity index (χ1n) is 3.92. The van der Waals surface area contributed by atoms with Gasteiger partial charge in [-0.25, -0.2) is 8.42 Å². The number of aromatic amines is 2. The Bertz CT molecular complexity index is 276. The second kappa shape index (κ2) is 5.71. The van der Waals surface area contributed by atoms with Gasteiger partial charge < -0.3 is 4.55 Å². The molecule has 0 fully saturated rings. The van der Waals surface area contributed by atoms with Gasteiger partial charge in [0, 0.05) is 5.25 Å². The number of hydrogen-bond acceptors (Lipinski definition) is 3. The molecule has 0 aromatic carbocycles. The molecular formula is C7H14N2O3S. The standard InChI is InChI=1S/C4H10O3S.C3H4N2/c1-3-4(2)8(5,6)7;1-2-5-3-4-1/h4H,3H2,1-2H3,(H,5,6,7);1-3H,(H,4,5). The third kappa shape index (κ3) is 6.30. The molecule has 1 unspecified atom stereocenters.